The van der Waals surface area contributed by atoms with E-state index in [-0.39, 0.29) is 44.9 Å². The van der Waals surface area contributed by atoms with Gasteiger partial charge in [-0.1, -0.05) is 41.5 Å². The quantitative estimate of drug-likeness (QED) is 0.0882. The predicted octanol–water partition coefficient (Wildman–Crippen LogP) is 8.17. The number of thiazole rings is 1. The number of H-pyrrole nitrogens is 1. The maximum absolute atomic E-state index is 13.9. The summed E-state index contributed by atoms with van der Waals surface area (Å²) in [5, 5.41) is 15.3. The number of aromatic nitrogens is 3. The van der Waals surface area contributed by atoms with Crippen LogP contribution in [-0.4, -0.2) is 66.7 Å². The molecule has 0 radical (unpaired) electrons. The van der Waals surface area contributed by atoms with Gasteiger partial charge < -0.3 is 24.6 Å². The van der Waals surface area contributed by atoms with Gasteiger partial charge >= 0.3 is 18.2 Å². The molecule has 16 heteroatoms. The number of halogens is 3. The summed E-state index contributed by atoms with van der Waals surface area (Å²) in [6, 6.07) is 4.28. The van der Waals surface area contributed by atoms with Crippen molar-refractivity contribution in [1.29, 1.82) is 0 Å². The van der Waals surface area contributed by atoms with Crippen molar-refractivity contribution in [3.8, 4) is 21.7 Å². The molecule has 4 rings (SSSR count). The number of carbonyl (C=O) groups excluding carboxylic acids is 2. The Balaban J connectivity index is 2.08. The maximum Gasteiger partial charge on any atom is 0.434 e. The molecule has 0 fully saturated rings. The monoisotopic (exact) mass is 761 g/mol. The molecule has 52 heavy (non-hydrogen) atoms. The molecular weight excluding hydrogens is 716 g/mol. The topological polar surface area (TPSA) is 156 Å². The van der Waals surface area contributed by atoms with Crippen LogP contribution >= 0.6 is 11.3 Å². The van der Waals surface area contributed by atoms with Gasteiger partial charge in [0.25, 0.3) is 0 Å². The van der Waals surface area contributed by atoms with Crippen molar-refractivity contribution < 1.29 is 37.0 Å². The summed E-state index contributed by atoms with van der Waals surface area (Å²) in [6.45, 7) is 18.5. The Kier molecular flexibility index (Phi) is 12.1. The second-order valence-corrected chi connectivity index (χ2v) is 20.7. The number of pyridine rings is 2. The van der Waals surface area contributed by atoms with E-state index in [1.165, 1.54) is 18.5 Å². The lowest BCUT2D eigenvalue weighted by Gasteiger charge is -2.40. The molecule has 4 aromatic rings. The molecule has 0 aliphatic rings. The van der Waals surface area contributed by atoms with Crippen molar-refractivity contribution >= 4 is 48.4 Å². The molecule has 0 aliphatic carbocycles. The van der Waals surface area contributed by atoms with E-state index in [4.69, 9.17) is 14.3 Å². The van der Waals surface area contributed by atoms with Crippen LogP contribution in [0.1, 0.15) is 76.0 Å². The molecule has 0 aliphatic heterocycles. The number of anilines is 1. The zero-order valence-corrected chi connectivity index (χ0v) is 32.6. The average Bonchev–Trinajstić information content (AvgIpc) is 3.54. The highest BCUT2D eigenvalue weighted by Crippen LogP contribution is 2.46. The van der Waals surface area contributed by atoms with E-state index in [0.717, 1.165) is 16.7 Å². The van der Waals surface area contributed by atoms with E-state index >= 15 is 0 Å². The zero-order chi connectivity index (χ0) is 38.8. The van der Waals surface area contributed by atoms with E-state index in [9.17, 15) is 27.6 Å². The third kappa shape index (κ3) is 9.08. The number of ether oxygens (including phenoxy) is 1. The predicted molar refractivity (Wildman–Crippen MR) is 199 cm³/mol. The van der Waals surface area contributed by atoms with Crippen molar-refractivity contribution in [2.75, 3.05) is 31.7 Å². The van der Waals surface area contributed by atoms with Crippen molar-refractivity contribution in [2.24, 2.45) is 5.41 Å². The summed E-state index contributed by atoms with van der Waals surface area (Å²) in [7, 11) is -2.28. The lowest BCUT2D eigenvalue weighted by Crippen LogP contribution is -2.42. The first-order valence-electron chi connectivity index (χ1n) is 16.8. The van der Waals surface area contributed by atoms with Crippen LogP contribution in [0, 0.1) is 5.41 Å². The standard InChI is InChI=1S/C36H46F3N5O6SSi/c1-10-40-33(48)44-29-15-22(31-43-28(19-51-31)36(37,38)39)24(16-42-29)20-13-23-27(41-17-25(30(23)46)32(47)49-12-11-45)14-21(20)26(34(2,3)4)18-50-52(8,9)35(5,6)7/h13-17,19,26,45H,10-12,18H2,1-9H3,(H,41,46)(H2,40,42,44,48)/t26-/m1/s1. The lowest BCUT2D eigenvalue weighted by molar-refractivity contribution is -0.140. The number of nitrogens with one attached hydrogen (secondary N) is 3. The van der Waals surface area contributed by atoms with Crippen LogP contribution in [0.2, 0.25) is 18.1 Å². The number of fused-ring (bicyclic) bond motifs is 1. The number of aromatic amines is 1. The van der Waals surface area contributed by atoms with Crippen molar-refractivity contribution in [3.63, 3.8) is 0 Å². The van der Waals surface area contributed by atoms with Gasteiger partial charge in [-0.15, -0.1) is 11.3 Å². The smallest absolute Gasteiger partial charge is 0.434 e. The number of esters is 1. The number of alkyl halides is 3. The number of aliphatic hydroxyl groups excluding tert-OH is 1. The van der Waals surface area contributed by atoms with Gasteiger partial charge in [0.1, 0.15) is 23.0 Å². The van der Waals surface area contributed by atoms with Gasteiger partial charge in [0.2, 0.25) is 5.43 Å². The van der Waals surface area contributed by atoms with Gasteiger partial charge in [-0.3, -0.25) is 10.1 Å². The Labute approximate surface area is 305 Å². The number of aliphatic hydroxyl groups is 1. The van der Waals surface area contributed by atoms with E-state index < -0.39 is 49.6 Å². The Bertz CT molecular complexity index is 2000. The lowest BCUT2D eigenvalue weighted by atomic mass is 9.74. The molecular formula is C36H46F3N5O6SSi. The Morgan fingerprint density at radius 3 is 2.33 bits per heavy atom. The molecule has 4 N–H and O–H groups in total. The summed E-state index contributed by atoms with van der Waals surface area (Å²) >= 11 is 0.777. The van der Waals surface area contributed by atoms with Gasteiger partial charge in [0.05, 0.1) is 6.61 Å². The van der Waals surface area contributed by atoms with E-state index in [1.54, 1.807) is 19.1 Å². The Morgan fingerprint density at radius 1 is 1.06 bits per heavy atom. The maximum atomic E-state index is 13.9. The second kappa shape index (κ2) is 15.5. The van der Waals surface area contributed by atoms with E-state index in [1.807, 2.05) is 0 Å². The zero-order valence-electron chi connectivity index (χ0n) is 30.8. The summed E-state index contributed by atoms with van der Waals surface area (Å²) in [6.07, 6.45) is -2.02. The fourth-order valence-electron chi connectivity index (χ4n) is 5.25. The molecule has 3 heterocycles. The number of rotatable bonds is 11. The number of hydrogen-bond acceptors (Lipinski definition) is 9. The molecule has 0 bridgehead atoms. The number of carbonyl (C=O) groups is 2. The summed E-state index contributed by atoms with van der Waals surface area (Å²) in [5.41, 5.74) is -0.302. The first-order chi connectivity index (χ1) is 24.1. The third-order valence-electron chi connectivity index (χ3n) is 9.23. The summed E-state index contributed by atoms with van der Waals surface area (Å²) in [5.74, 6) is -1.18. The minimum absolute atomic E-state index is 0.00907. The highest BCUT2D eigenvalue weighted by molar-refractivity contribution is 7.13. The van der Waals surface area contributed by atoms with Crippen molar-refractivity contribution in [2.45, 2.75) is 78.7 Å². The van der Waals surface area contributed by atoms with Crippen LogP contribution in [0.25, 0.3) is 32.6 Å². The number of amides is 2. The SMILES string of the molecule is CCNC(=O)Nc1cc(-c2nc(C(F)(F)F)cs2)c(-c2cc3c(=O)c(C(=O)OCCO)c[nH]c3cc2[C@@H](CO[Si](C)(C)C(C)(C)C)C(C)(C)C)cn1. The first-order valence-corrected chi connectivity index (χ1v) is 20.6. The fraction of sp³-hybridized carbons (Fsp3) is 0.472. The number of urea groups is 1. The minimum Gasteiger partial charge on any atom is -0.460 e. The molecule has 3 aromatic heterocycles. The number of nitrogens with zero attached hydrogens (tertiary/aromatic N) is 2. The van der Waals surface area contributed by atoms with Crippen LogP contribution in [0.15, 0.2) is 40.8 Å². The molecule has 1 atom stereocenters. The van der Waals surface area contributed by atoms with Gasteiger partial charge in [0, 0.05) is 58.9 Å². The highest BCUT2D eigenvalue weighted by atomic mass is 32.1. The Morgan fingerprint density at radius 2 is 1.75 bits per heavy atom. The number of hydrogen-bond donors (Lipinski definition) is 4. The summed E-state index contributed by atoms with van der Waals surface area (Å²) < 4.78 is 53.2. The van der Waals surface area contributed by atoms with Crippen LogP contribution < -0.4 is 16.1 Å². The molecule has 0 spiro atoms. The van der Waals surface area contributed by atoms with Crippen LogP contribution in [0.4, 0.5) is 23.8 Å². The fourth-order valence-corrected chi connectivity index (χ4v) is 7.12. The molecule has 0 saturated heterocycles. The molecule has 2 amide bonds. The molecule has 1 aromatic carbocycles. The van der Waals surface area contributed by atoms with Crippen LogP contribution in [-0.2, 0) is 15.3 Å². The van der Waals surface area contributed by atoms with Crippen molar-refractivity contribution in [3.05, 3.63) is 63.0 Å². The average molecular weight is 762 g/mol. The van der Waals surface area contributed by atoms with Crippen LogP contribution in [0.5, 0.6) is 0 Å². The molecule has 11 nitrogen and oxygen atoms in total. The van der Waals surface area contributed by atoms with Crippen molar-refractivity contribution in [1.82, 2.24) is 20.3 Å². The highest BCUT2D eigenvalue weighted by Gasteiger charge is 2.40. The molecule has 0 saturated carbocycles. The van der Waals surface area contributed by atoms with Gasteiger partial charge in [-0.2, -0.15) is 13.2 Å². The minimum atomic E-state index is -4.70. The van der Waals surface area contributed by atoms with Gasteiger partial charge in [0.15, 0.2) is 14.0 Å². The van der Waals surface area contributed by atoms with Gasteiger partial charge in [-0.25, -0.2) is 19.6 Å². The largest absolute Gasteiger partial charge is 0.460 e. The Hall–Kier alpha value is -4.12. The van der Waals surface area contributed by atoms with Crippen LogP contribution in [0.3, 0.4) is 0 Å². The number of benzene rings is 1. The van der Waals surface area contributed by atoms with E-state index in [2.05, 4.69) is 80.2 Å². The second-order valence-electron chi connectivity index (χ2n) is 15.0. The molecule has 0 unspecified atom stereocenters. The third-order valence-corrected chi connectivity index (χ3v) is 14.6. The van der Waals surface area contributed by atoms with E-state index in [0.29, 0.717) is 35.4 Å². The first kappa shape index (κ1) is 40.6. The van der Waals surface area contributed by atoms with Gasteiger partial charge in [-0.05, 0) is 59.8 Å². The summed E-state index contributed by atoms with van der Waals surface area (Å²) in [4.78, 5) is 50.5. The molecule has 282 valence electrons. The normalized spacial score (nSPS) is 13.2.